The summed E-state index contributed by atoms with van der Waals surface area (Å²) in [7, 11) is 0. The summed E-state index contributed by atoms with van der Waals surface area (Å²) in [4.78, 5) is 17.2. The van der Waals surface area contributed by atoms with Crippen molar-refractivity contribution >= 4 is 23.2 Å². The molecule has 100 valence electrons. The Kier molecular flexibility index (Phi) is 4.13. The molecule has 1 amide bonds. The van der Waals surface area contributed by atoms with Gasteiger partial charge in [0.15, 0.2) is 5.15 Å². The highest BCUT2D eigenvalue weighted by atomic mass is 35.5. The third-order valence-electron chi connectivity index (χ3n) is 2.64. The van der Waals surface area contributed by atoms with Gasteiger partial charge in [-0.25, -0.2) is 4.68 Å². The summed E-state index contributed by atoms with van der Waals surface area (Å²) in [6.45, 7) is 2.27. The summed E-state index contributed by atoms with van der Waals surface area (Å²) >= 11 is 6.08. The minimum atomic E-state index is -0.199. The van der Waals surface area contributed by atoms with E-state index in [0.717, 1.165) is 5.69 Å². The van der Waals surface area contributed by atoms with E-state index in [1.54, 1.807) is 29.3 Å². The van der Waals surface area contributed by atoms with Crippen LogP contribution in [0.4, 0.5) is 5.69 Å². The zero-order valence-corrected chi connectivity index (χ0v) is 11.2. The van der Waals surface area contributed by atoms with Crippen LogP contribution >= 0.6 is 11.6 Å². The largest absolute Gasteiger partial charge is 0.322 e. The Labute approximate surface area is 115 Å². The molecule has 0 aliphatic heterocycles. The number of carbonyl (C=O) groups is 1. The minimum absolute atomic E-state index is 0.0672. The van der Waals surface area contributed by atoms with Gasteiger partial charge in [-0.2, -0.15) is 5.10 Å². The fourth-order valence-electron chi connectivity index (χ4n) is 1.74. The van der Waals surface area contributed by atoms with Crippen LogP contribution in [0.5, 0.6) is 0 Å². The number of aromatic nitrogens is 3. The number of hydrogen-bond donors (Lipinski definition) is 1. The lowest BCUT2D eigenvalue weighted by atomic mass is 10.4. The van der Waals surface area contributed by atoms with E-state index in [9.17, 15) is 4.79 Å². The molecule has 0 saturated carbocycles. The van der Waals surface area contributed by atoms with Gasteiger partial charge < -0.3 is 10.6 Å². The molecule has 0 radical (unpaired) electrons. The summed E-state index contributed by atoms with van der Waals surface area (Å²) < 4.78 is 1.58. The SMILES string of the molecule is CCN(C(=O)CN)c1cn(-c2cccnc2)nc1Cl. The summed E-state index contributed by atoms with van der Waals surface area (Å²) in [6, 6.07) is 3.65. The topological polar surface area (TPSA) is 77.0 Å². The van der Waals surface area contributed by atoms with E-state index in [0.29, 0.717) is 12.2 Å². The van der Waals surface area contributed by atoms with Gasteiger partial charge in [-0.05, 0) is 19.1 Å². The van der Waals surface area contributed by atoms with Crippen molar-refractivity contribution in [2.24, 2.45) is 5.73 Å². The lowest BCUT2D eigenvalue weighted by Crippen LogP contribution is -2.35. The number of amides is 1. The van der Waals surface area contributed by atoms with Crippen LogP contribution in [0.3, 0.4) is 0 Å². The van der Waals surface area contributed by atoms with Crippen LogP contribution in [-0.4, -0.2) is 33.8 Å². The molecule has 2 aromatic heterocycles. The first-order valence-electron chi connectivity index (χ1n) is 5.83. The summed E-state index contributed by atoms with van der Waals surface area (Å²) in [6.07, 6.45) is 5.02. The smallest absolute Gasteiger partial charge is 0.240 e. The van der Waals surface area contributed by atoms with Crippen molar-refractivity contribution in [2.45, 2.75) is 6.92 Å². The van der Waals surface area contributed by atoms with E-state index in [1.165, 1.54) is 4.90 Å². The number of hydrogen-bond acceptors (Lipinski definition) is 4. The molecule has 6 nitrogen and oxygen atoms in total. The van der Waals surface area contributed by atoms with Crippen LogP contribution in [-0.2, 0) is 4.79 Å². The maximum Gasteiger partial charge on any atom is 0.240 e. The molecule has 0 aromatic carbocycles. The van der Waals surface area contributed by atoms with Crippen LogP contribution in [0, 0.1) is 0 Å². The second kappa shape index (κ2) is 5.81. The Morgan fingerprint density at radius 1 is 1.58 bits per heavy atom. The molecule has 0 saturated heterocycles. The quantitative estimate of drug-likeness (QED) is 0.913. The van der Waals surface area contributed by atoms with Gasteiger partial charge in [-0.15, -0.1) is 0 Å². The first-order valence-corrected chi connectivity index (χ1v) is 6.21. The van der Waals surface area contributed by atoms with Gasteiger partial charge in [0.2, 0.25) is 5.91 Å². The van der Waals surface area contributed by atoms with Gasteiger partial charge in [0.1, 0.15) is 5.69 Å². The fraction of sp³-hybridized carbons (Fsp3) is 0.250. The third-order valence-corrected chi connectivity index (χ3v) is 2.91. The van der Waals surface area contributed by atoms with Crippen molar-refractivity contribution in [2.75, 3.05) is 18.0 Å². The molecule has 0 aliphatic rings. The molecule has 0 bridgehead atoms. The maximum absolute atomic E-state index is 11.7. The summed E-state index contributed by atoms with van der Waals surface area (Å²) in [5, 5.41) is 4.43. The number of nitrogens with zero attached hydrogens (tertiary/aromatic N) is 4. The number of pyridine rings is 1. The maximum atomic E-state index is 11.7. The molecule has 19 heavy (non-hydrogen) atoms. The molecule has 2 N–H and O–H groups in total. The van der Waals surface area contributed by atoms with E-state index < -0.39 is 0 Å². The van der Waals surface area contributed by atoms with Crippen molar-refractivity contribution in [3.63, 3.8) is 0 Å². The highest BCUT2D eigenvalue weighted by Crippen LogP contribution is 2.25. The average Bonchev–Trinajstić information content (AvgIpc) is 2.82. The molecular weight excluding hydrogens is 266 g/mol. The van der Waals surface area contributed by atoms with Crippen LogP contribution in [0.15, 0.2) is 30.7 Å². The fourth-order valence-corrected chi connectivity index (χ4v) is 1.97. The van der Waals surface area contributed by atoms with Gasteiger partial charge >= 0.3 is 0 Å². The Morgan fingerprint density at radius 3 is 2.95 bits per heavy atom. The number of carbonyl (C=O) groups excluding carboxylic acids is 1. The van der Waals surface area contributed by atoms with Crippen LogP contribution < -0.4 is 10.6 Å². The van der Waals surface area contributed by atoms with Gasteiger partial charge in [0.05, 0.1) is 24.6 Å². The molecule has 0 unspecified atom stereocenters. The molecular formula is C12H14ClN5O. The van der Waals surface area contributed by atoms with Crippen LogP contribution in [0.1, 0.15) is 6.92 Å². The predicted octanol–water partition coefficient (Wildman–Crippen LogP) is 1.23. The first-order chi connectivity index (χ1) is 9.17. The van der Waals surface area contributed by atoms with Crippen LogP contribution in [0.2, 0.25) is 5.15 Å². The molecule has 7 heteroatoms. The normalized spacial score (nSPS) is 10.5. The van der Waals surface area contributed by atoms with Gasteiger partial charge in [0, 0.05) is 12.7 Å². The Morgan fingerprint density at radius 2 is 2.37 bits per heavy atom. The Bertz CT molecular complexity index is 569. The van der Waals surface area contributed by atoms with E-state index in [1.807, 2.05) is 13.0 Å². The zero-order chi connectivity index (χ0) is 13.8. The summed E-state index contributed by atoms with van der Waals surface area (Å²) in [5.41, 5.74) is 6.70. The van der Waals surface area contributed by atoms with Crippen molar-refractivity contribution in [1.29, 1.82) is 0 Å². The zero-order valence-electron chi connectivity index (χ0n) is 10.5. The first kappa shape index (κ1) is 13.5. The Hall–Kier alpha value is -1.92. The number of likely N-dealkylation sites (N-methyl/N-ethyl adjacent to an activating group) is 1. The second-order valence-electron chi connectivity index (χ2n) is 3.80. The number of halogens is 1. The van der Waals surface area contributed by atoms with Crippen molar-refractivity contribution in [1.82, 2.24) is 14.8 Å². The van der Waals surface area contributed by atoms with Crippen molar-refractivity contribution in [3.8, 4) is 5.69 Å². The molecule has 0 aliphatic carbocycles. The standard InChI is InChI=1S/C12H14ClN5O/c1-2-17(11(19)6-14)10-8-18(16-12(10)13)9-4-3-5-15-7-9/h3-5,7-8H,2,6,14H2,1H3. The third kappa shape index (κ3) is 2.74. The van der Waals surface area contributed by atoms with Crippen molar-refractivity contribution in [3.05, 3.63) is 35.9 Å². The van der Waals surface area contributed by atoms with Gasteiger partial charge in [-0.1, -0.05) is 11.6 Å². The van der Waals surface area contributed by atoms with Gasteiger partial charge in [-0.3, -0.25) is 9.78 Å². The molecule has 0 atom stereocenters. The minimum Gasteiger partial charge on any atom is -0.322 e. The summed E-state index contributed by atoms with van der Waals surface area (Å²) in [5.74, 6) is -0.199. The molecule has 2 heterocycles. The lowest BCUT2D eigenvalue weighted by molar-refractivity contribution is -0.117. The highest BCUT2D eigenvalue weighted by molar-refractivity contribution is 6.32. The predicted molar refractivity (Wildman–Crippen MR) is 73.5 cm³/mol. The second-order valence-corrected chi connectivity index (χ2v) is 4.16. The van der Waals surface area contributed by atoms with E-state index in [2.05, 4.69) is 10.1 Å². The highest BCUT2D eigenvalue weighted by Gasteiger charge is 2.18. The lowest BCUT2D eigenvalue weighted by Gasteiger charge is -2.18. The number of rotatable bonds is 4. The van der Waals surface area contributed by atoms with E-state index in [-0.39, 0.29) is 17.6 Å². The van der Waals surface area contributed by atoms with E-state index in [4.69, 9.17) is 17.3 Å². The van der Waals surface area contributed by atoms with Crippen LogP contribution in [0.25, 0.3) is 5.69 Å². The molecule has 0 fully saturated rings. The van der Waals surface area contributed by atoms with Gasteiger partial charge in [0.25, 0.3) is 0 Å². The monoisotopic (exact) mass is 279 g/mol. The molecule has 2 rings (SSSR count). The molecule has 2 aromatic rings. The van der Waals surface area contributed by atoms with E-state index >= 15 is 0 Å². The number of nitrogens with two attached hydrogens (primary N) is 1. The Balaban J connectivity index is 2.38. The van der Waals surface area contributed by atoms with Crippen molar-refractivity contribution < 1.29 is 4.79 Å². The number of anilines is 1. The average molecular weight is 280 g/mol. The molecule has 0 spiro atoms.